The molecule has 4 rings (SSSR count). The summed E-state index contributed by atoms with van der Waals surface area (Å²) in [6.07, 6.45) is -1.39. The number of hydrogen-bond donors (Lipinski definition) is 1. The second-order valence-electron chi connectivity index (χ2n) is 6.99. The van der Waals surface area contributed by atoms with E-state index < -0.39 is 17.6 Å². The first-order valence-electron chi connectivity index (χ1n) is 9.65. The van der Waals surface area contributed by atoms with Crippen molar-refractivity contribution in [3.8, 4) is 11.4 Å². The van der Waals surface area contributed by atoms with Crippen LogP contribution in [0.3, 0.4) is 0 Å². The number of benzene rings is 2. The highest BCUT2D eigenvalue weighted by atomic mass is 19.4. The van der Waals surface area contributed by atoms with Crippen molar-refractivity contribution in [1.82, 2.24) is 15.0 Å². The van der Waals surface area contributed by atoms with Crippen molar-refractivity contribution in [1.29, 1.82) is 0 Å². The molecule has 31 heavy (non-hydrogen) atoms. The Labute approximate surface area is 175 Å². The van der Waals surface area contributed by atoms with Gasteiger partial charge in [-0.2, -0.15) is 13.2 Å². The zero-order chi connectivity index (χ0) is 21.8. The summed E-state index contributed by atoms with van der Waals surface area (Å²) in [6, 6.07) is 11.7. The number of aromatic nitrogens is 3. The van der Waals surface area contributed by atoms with E-state index in [1.165, 1.54) is 18.2 Å². The number of amides is 1. The van der Waals surface area contributed by atoms with Gasteiger partial charge in [0.05, 0.1) is 23.6 Å². The van der Waals surface area contributed by atoms with Crippen molar-refractivity contribution >= 4 is 11.6 Å². The van der Waals surface area contributed by atoms with Gasteiger partial charge in [0.25, 0.3) is 5.91 Å². The fourth-order valence-corrected chi connectivity index (χ4v) is 3.22. The molecule has 0 aliphatic carbocycles. The largest absolute Gasteiger partial charge is 0.491 e. The van der Waals surface area contributed by atoms with Crippen molar-refractivity contribution in [2.24, 2.45) is 0 Å². The van der Waals surface area contributed by atoms with E-state index in [2.05, 4.69) is 15.6 Å². The summed E-state index contributed by atoms with van der Waals surface area (Å²) in [5.74, 6) is -0.0388. The fourth-order valence-electron chi connectivity index (χ4n) is 3.22. The van der Waals surface area contributed by atoms with Crippen LogP contribution in [0.15, 0.2) is 54.7 Å². The van der Waals surface area contributed by atoms with Crippen molar-refractivity contribution in [2.45, 2.75) is 25.1 Å². The van der Waals surface area contributed by atoms with E-state index in [1.807, 2.05) is 0 Å². The number of para-hydroxylation sites is 1. The lowest BCUT2D eigenvalue weighted by Gasteiger charge is -2.12. The van der Waals surface area contributed by atoms with Gasteiger partial charge in [-0.1, -0.05) is 23.4 Å². The molecule has 2 heterocycles. The Hall–Kier alpha value is -3.40. The number of ether oxygens (including phenoxy) is 2. The van der Waals surface area contributed by atoms with Crippen LogP contribution in [0.1, 0.15) is 28.9 Å². The van der Waals surface area contributed by atoms with E-state index in [9.17, 15) is 18.0 Å². The monoisotopic (exact) mass is 432 g/mol. The molecule has 162 valence electrons. The molecule has 1 N–H and O–H groups in total. The lowest BCUT2D eigenvalue weighted by atomic mass is 10.1. The third-order valence-electron chi connectivity index (χ3n) is 4.73. The molecular formula is C21H19F3N4O3. The number of rotatable bonds is 6. The SMILES string of the molecule is O=C(Nc1cccc(OCC2CCCO2)c1)c1cn(-c2ccccc2C(F)(F)F)nn1. The molecule has 1 amide bonds. The van der Waals surface area contributed by atoms with Crippen molar-refractivity contribution in [3.63, 3.8) is 0 Å². The van der Waals surface area contributed by atoms with E-state index in [0.29, 0.717) is 18.0 Å². The van der Waals surface area contributed by atoms with Crippen molar-refractivity contribution < 1.29 is 27.4 Å². The molecule has 1 fully saturated rings. The van der Waals surface area contributed by atoms with Gasteiger partial charge in [-0.15, -0.1) is 5.10 Å². The number of hydrogen-bond acceptors (Lipinski definition) is 5. The van der Waals surface area contributed by atoms with Gasteiger partial charge in [0, 0.05) is 18.4 Å². The number of carbonyl (C=O) groups is 1. The fraction of sp³-hybridized carbons (Fsp3) is 0.286. The molecule has 1 aromatic heterocycles. The van der Waals surface area contributed by atoms with Gasteiger partial charge < -0.3 is 14.8 Å². The first kappa shape index (κ1) is 20.9. The Morgan fingerprint density at radius 2 is 2.06 bits per heavy atom. The average molecular weight is 432 g/mol. The molecule has 7 nitrogen and oxygen atoms in total. The molecule has 0 radical (unpaired) electrons. The van der Waals surface area contributed by atoms with Crippen LogP contribution >= 0.6 is 0 Å². The molecule has 3 aromatic rings. The average Bonchev–Trinajstić information content (AvgIpc) is 3.44. The Bertz CT molecular complexity index is 1060. The smallest absolute Gasteiger partial charge is 0.418 e. The quantitative estimate of drug-likeness (QED) is 0.635. The molecular weight excluding hydrogens is 413 g/mol. The van der Waals surface area contributed by atoms with Crippen LogP contribution in [0.4, 0.5) is 18.9 Å². The zero-order valence-corrected chi connectivity index (χ0v) is 16.3. The summed E-state index contributed by atoms with van der Waals surface area (Å²) in [6.45, 7) is 1.16. The van der Waals surface area contributed by atoms with Crippen LogP contribution < -0.4 is 10.1 Å². The lowest BCUT2D eigenvalue weighted by molar-refractivity contribution is -0.137. The molecule has 1 atom stereocenters. The predicted octanol–water partition coefficient (Wildman–Crippen LogP) is 4.10. The van der Waals surface area contributed by atoms with Gasteiger partial charge >= 0.3 is 6.18 Å². The first-order chi connectivity index (χ1) is 14.9. The summed E-state index contributed by atoms with van der Waals surface area (Å²) in [5.41, 5.74) is -0.753. The van der Waals surface area contributed by atoms with Crippen LogP contribution in [0.5, 0.6) is 5.75 Å². The maximum atomic E-state index is 13.2. The van der Waals surface area contributed by atoms with Gasteiger partial charge in [0.2, 0.25) is 0 Å². The van der Waals surface area contributed by atoms with E-state index >= 15 is 0 Å². The maximum absolute atomic E-state index is 13.2. The van der Waals surface area contributed by atoms with E-state index in [0.717, 1.165) is 36.4 Å². The molecule has 0 bridgehead atoms. The minimum absolute atomic E-state index is 0.0628. The third kappa shape index (κ3) is 5.02. The maximum Gasteiger partial charge on any atom is 0.418 e. The molecule has 2 aromatic carbocycles. The molecule has 1 saturated heterocycles. The molecule has 10 heteroatoms. The number of carbonyl (C=O) groups excluding carboxylic acids is 1. The second-order valence-corrected chi connectivity index (χ2v) is 6.99. The number of nitrogens with zero attached hydrogens (tertiary/aromatic N) is 3. The van der Waals surface area contributed by atoms with Gasteiger partial charge in [-0.05, 0) is 37.1 Å². The molecule has 0 saturated carbocycles. The van der Waals surface area contributed by atoms with Crippen molar-refractivity contribution in [2.75, 3.05) is 18.5 Å². The Kier molecular flexibility index (Phi) is 5.90. The van der Waals surface area contributed by atoms with Crippen LogP contribution in [0, 0.1) is 0 Å². The van der Waals surface area contributed by atoms with Gasteiger partial charge in [-0.25, -0.2) is 4.68 Å². The normalized spacial score (nSPS) is 16.3. The van der Waals surface area contributed by atoms with Gasteiger partial charge in [0.15, 0.2) is 5.69 Å². The van der Waals surface area contributed by atoms with Crippen LogP contribution in [-0.2, 0) is 10.9 Å². The summed E-state index contributed by atoms with van der Waals surface area (Å²) in [5, 5.41) is 10.0. The molecule has 1 unspecified atom stereocenters. The minimum Gasteiger partial charge on any atom is -0.491 e. The molecule has 0 spiro atoms. The Morgan fingerprint density at radius 3 is 2.84 bits per heavy atom. The number of alkyl halides is 3. The zero-order valence-electron chi connectivity index (χ0n) is 16.3. The summed E-state index contributed by atoms with van der Waals surface area (Å²) >= 11 is 0. The van der Waals surface area contributed by atoms with Gasteiger partial charge in [-0.3, -0.25) is 4.79 Å². The second kappa shape index (κ2) is 8.76. The number of anilines is 1. The van der Waals surface area contributed by atoms with Crippen molar-refractivity contribution in [3.05, 3.63) is 66.0 Å². The third-order valence-corrected chi connectivity index (χ3v) is 4.73. The molecule has 1 aliphatic heterocycles. The Morgan fingerprint density at radius 1 is 1.23 bits per heavy atom. The van der Waals surface area contributed by atoms with E-state index in [1.54, 1.807) is 24.3 Å². The number of nitrogens with one attached hydrogen (secondary N) is 1. The van der Waals surface area contributed by atoms with Crippen LogP contribution in [0.25, 0.3) is 5.69 Å². The first-order valence-corrected chi connectivity index (χ1v) is 9.65. The standard InChI is InChI=1S/C21H19F3N4O3/c22-21(23,24)17-8-1-2-9-19(17)28-12-18(26-27-28)20(29)25-14-5-3-6-15(11-14)31-13-16-7-4-10-30-16/h1-3,5-6,8-9,11-12,16H,4,7,10,13H2,(H,25,29). The minimum atomic E-state index is -4.56. The Balaban J connectivity index is 1.45. The van der Waals surface area contributed by atoms with Gasteiger partial charge in [0.1, 0.15) is 12.4 Å². The predicted molar refractivity (Wildman–Crippen MR) is 105 cm³/mol. The lowest BCUT2D eigenvalue weighted by Crippen LogP contribution is -2.16. The molecule has 1 aliphatic rings. The summed E-state index contributed by atoms with van der Waals surface area (Å²) in [7, 11) is 0. The highest BCUT2D eigenvalue weighted by Crippen LogP contribution is 2.33. The van der Waals surface area contributed by atoms with E-state index in [-0.39, 0.29) is 17.5 Å². The highest BCUT2D eigenvalue weighted by Gasteiger charge is 2.34. The topological polar surface area (TPSA) is 78.3 Å². The van der Waals surface area contributed by atoms with E-state index in [4.69, 9.17) is 9.47 Å². The summed E-state index contributed by atoms with van der Waals surface area (Å²) < 4.78 is 51.8. The summed E-state index contributed by atoms with van der Waals surface area (Å²) in [4.78, 5) is 12.5. The van der Waals surface area contributed by atoms with Crippen LogP contribution in [-0.4, -0.2) is 40.2 Å². The van der Waals surface area contributed by atoms with Crippen LogP contribution in [0.2, 0.25) is 0 Å². The number of halogens is 3. The highest BCUT2D eigenvalue weighted by molar-refractivity contribution is 6.02.